The molecule has 2 aliphatic rings. The summed E-state index contributed by atoms with van der Waals surface area (Å²) in [6.45, 7) is 13.4. The first-order valence-electron chi connectivity index (χ1n) is 6.68. The van der Waals surface area contributed by atoms with Crippen molar-refractivity contribution in [2.75, 3.05) is 6.54 Å². The van der Waals surface area contributed by atoms with E-state index in [1.165, 1.54) is 5.57 Å². The minimum absolute atomic E-state index is 0.00442. The lowest BCUT2D eigenvalue weighted by Gasteiger charge is -2.45. The van der Waals surface area contributed by atoms with Crippen molar-refractivity contribution in [1.82, 2.24) is 4.90 Å². The fourth-order valence-electron chi connectivity index (χ4n) is 2.81. The van der Waals surface area contributed by atoms with E-state index in [-0.39, 0.29) is 22.8 Å². The summed E-state index contributed by atoms with van der Waals surface area (Å²) >= 11 is 0. The van der Waals surface area contributed by atoms with Gasteiger partial charge in [0.15, 0.2) is 0 Å². The number of allylic oxidation sites excluding steroid dienone is 1. The third-order valence-corrected chi connectivity index (χ3v) is 3.79. The molecule has 0 saturated heterocycles. The molecule has 0 aromatic heterocycles. The Morgan fingerprint density at radius 3 is 2.33 bits per heavy atom. The van der Waals surface area contributed by atoms with Gasteiger partial charge in [-0.25, -0.2) is 0 Å². The van der Waals surface area contributed by atoms with Gasteiger partial charge in [-0.15, -0.1) is 0 Å². The highest BCUT2D eigenvalue weighted by Gasteiger charge is 2.44. The average molecular weight is 248 g/mol. The lowest BCUT2D eigenvalue weighted by Crippen LogP contribution is -2.52. The molecule has 0 saturated carbocycles. The maximum absolute atomic E-state index is 12.8. The zero-order chi connectivity index (χ0) is 13.7. The van der Waals surface area contributed by atoms with Gasteiger partial charge in [-0.2, -0.15) is 0 Å². The van der Waals surface area contributed by atoms with Crippen LogP contribution in [0, 0.1) is 11.3 Å². The van der Waals surface area contributed by atoms with E-state index in [0.717, 1.165) is 12.1 Å². The summed E-state index contributed by atoms with van der Waals surface area (Å²) in [4.78, 5) is 19.1. The van der Waals surface area contributed by atoms with Crippen molar-refractivity contribution < 1.29 is 4.79 Å². The van der Waals surface area contributed by atoms with E-state index in [9.17, 15) is 4.79 Å². The van der Waals surface area contributed by atoms with Crippen molar-refractivity contribution in [2.24, 2.45) is 16.3 Å². The molecule has 18 heavy (non-hydrogen) atoms. The molecule has 2 aliphatic heterocycles. The van der Waals surface area contributed by atoms with Crippen molar-refractivity contribution in [3.05, 3.63) is 11.3 Å². The highest BCUT2D eigenvalue weighted by molar-refractivity contribution is 5.92. The molecule has 0 radical (unpaired) electrons. The van der Waals surface area contributed by atoms with Crippen molar-refractivity contribution in [2.45, 2.75) is 53.5 Å². The number of aliphatic imine (C=N–C) groups is 1. The molecular formula is C15H24N2O. The summed E-state index contributed by atoms with van der Waals surface area (Å²) in [7, 11) is 0. The molecule has 3 nitrogen and oxygen atoms in total. The number of amides is 1. The summed E-state index contributed by atoms with van der Waals surface area (Å²) in [5.41, 5.74) is 2.20. The van der Waals surface area contributed by atoms with Crippen LogP contribution in [0.3, 0.4) is 0 Å². The number of rotatable bonds is 0. The third kappa shape index (κ3) is 2.11. The molecule has 0 N–H and O–H groups in total. The second-order valence-electron chi connectivity index (χ2n) is 7.41. The predicted molar refractivity (Wildman–Crippen MR) is 74.5 cm³/mol. The Kier molecular flexibility index (Phi) is 2.91. The first-order chi connectivity index (χ1) is 8.12. The van der Waals surface area contributed by atoms with Gasteiger partial charge in [0.25, 0.3) is 0 Å². The first-order valence-corrected chi connectivity index (χ1v) is 6.68. The van der Waals surface area contributed by atoms with Gasteiger partial charge in [-0.3, -0.25) is 9.79 Å². The highest BCUT2D eigenvalue weighted by atomic mass is 16.2. The zero-order valence-corrected chi connectivity index (χ0v) is 12.4. The molecule has 3 heteroatoms. The predicted octanol–water partition coefficient (Wildman–Crippen LogP) is 3.02. The zero-order valence-electron chi connectivity index (χ0n) is 12.4. The second-order valence-corrected chi connectivity index (χ2v) is 7.41. The number of carbonyl (C=O) groups excluding carboxylic acids is 1. The Bertz CT molecular complexity index is 432. The molecule has 100 valence electrons. The van der Waals surface area contributed by atoms with Crippen LogP contribution in [0.5, 0.6) is 0 Å². The van der Waals surface area contributed by atoms with Crippen LogP contribution < -0.4 is 0 Å². The number of hydrogen-bond donors (Lipinski definition) is 0. The molecule has 1 atom stereocenters. The Morgan fingerprint density at radius 1 is 1.22 bits per heavy atom. The van der Waals surface area contributed by atoms with Crippen molar-refractivity contribution >= 4 is 12.1 Å². The molecular weight excluding hydrogens is 224 g/mol. The maximum Gasteiger partial charge on any atom is 0.231 e. The lowest BCUT2D eigenvalue weighted by molar-refractivity contribution is -0.142. The largest absolute Gasteiger partial charge is 0.308 e. The number of nitrogens with zero attached hydrogens (tertiary/aromatic N) is 2. The quantitative estimate of drug-likeness (QED) is 0.648. The van der Waals surface area contributed by atoms with Gasteiger partial charge in [-0.05, 0) is 38.2 Å². The highest BCUT2D eigenvalue weighted by Crippen LogP contribution is 2.41. The fourth-order valence-corrected chi connectivity index (χ4v) is 2.81. The molecule has 0 aromatic rings. The van der Waals surface area contributed by atoms with Crippen LogP contribution >= 0.6 is 0 Å². The molecule has 0 bridgehead atoms. The number of hydrogen-bond acceptors (Lipinski definition) is 2. The maximum atomic E-state index is 12.8. The van der Waals surface area contributed by atoms with Crippen LogP contribution in [0.4, 0.5) is 0 Å². The van der Waals surface area contributed by atoms with Crippen LogP contribution in [0.2, 0.25) is 0 Å². The molecule has 0 aliphatic carbocycles. The van der Waals surface area contributed by atoms with Gasteiger partial charge >= 0.3 is 0 Å². The molecule has 2 rings (SSSR count). The minimum Gasteiger partial charge on any atom is -0.308 e. The van der Waals surface area contributed by atoms with Crippen LogP contribution in [0.25, 0.3) is 0 Å². The van der Waals surface area contributed by atoms with E-state index in [1.54, 1.807) is 0 Å². The monoisotopic (exact) mass is 248 g/mol. The molecule has 0 spiro atoms. The normalized spacial score (nSPS) is 24.9. The third-order valence-electron chi connectivity index (χ3n) is 3.79. The van der Waals surface area contributed by atoms with Gasteiger partial charge in [-0.1, -0.05) is 20.8 Å². The van der Waals surface area contributed by atoms with Gasteiger partial charge in [0.2, 0.25) is 5.91 Å². The second kappa shape index (κ2) is 3.94. The van der Waals surface area contributed by atoms with Crippen LogP contribution in [-0.2, 0) is 4.79 Å². The van der Waals surface area contributed by atoms with E-state index in [1.807, 2.05) is 11.1 Å². The van der Waals surface area contributed by atoms with E-state index < -0.39 is 0 Å². The van der Waals surface area contributed by atoms with Crippen molar-refractivity contribution in [3.8, 4) is 0 Å². The summed E-state index contributed by atoms with van der Waals surface area (Å²) in [6.07, 6.45) is 2.80. The lowest BCUT2D eigenvalue weighted by atomic mass is 9.73. The topological polar surface area (TPSA) is 32.7 Å². The van der Waals surface area contributed by atoms with E-state index in [4.69, 9.17) is 0 Å². The van der Waals surface area contributed by atoms with Crippen LogP contribution in [-0.4, -0.2) is 29.1 Å². The first kappa shape index (κ1) is 13.3. The number of carbonyl (C=O) groups is 1. The Labute approximate surface area is 110 Å². The van der Waals surface area contributed by atoms with Crippen LogP contribution in [0.1, 0.15) is 48.0 Å². The molecule has 0 aromatic carbocycles. The average Bonchev–Trinajstić information content (AvgIpc) is 2.59. The summed E-state index contributed by atoms with van der Waals surface area (Å²) in [5, 5.41) is 0. The summed E-state index contributed by atoms with van der Waals surface area (Å²) < 4.78 is 0. The summed E-state index contributed by atoms with van der Waals surface area (Å²) in [5.74, 6) is 0.319. The molecule has 0 fully saturated rings. The Morgan fingerprint density at radius 2 is 1.83 bits per heavy atom. The van der Waals surface area contributed by atoms with E-state index in [2.05, 4.69) is 46.5 Å². The molecule has 2 heterocycles. The van der Waals surface area contributed by atoms with Crippen LogP contribution in [0.15, 0.2) is 16.3 Å². The van der Waals surface area contributed by atoms with E-state index in [0.29, 0.717) is 6.54 Å². The smallest absolute Gasteiger partial charge is 0.231 e. The standard InChI is InChI=1S/C15H24N2O/c1-14(2,3)11-7-10-8-16-9-12(10)17(13(11)18)15(4,5)6/h8,11H,7,9H2,1-6H3. The van der Waals surface area contributed by atoms with Gasteiger partial charge in [0.05, 0.1) is 6.54 Å². The fraction of sp³-hybridized carbons (Fsp3) is 0.733. The molecule has 1 amide bonds. The van der Waals surface area contributed by atoms with Gasteiger partial charge in [0.1, 0.15) is 0 Å². The van der Waals surface area contributed by atoms with Gasteiger partial charge in [0, 0.05) is 23.4 Å². The van der Waals surface area contributed by atoms with E-state index >= 15 is 0 Å². The minimum atomic E-state index is -0.171. The summed E-state index contributed by atoms with van der Waals surface area (Å²) in [6, 6.07) is 0. The van der Waals surface area contributed by atoms with Crippen molar-refractivity contribution in [3.63, 3.8) is 0 Å². The Balaban J connectivity index is 2.45. The SMILES string of the molecule is CC(C)(C)C1CC2=C(CN=C2)N(C(C)(C)C)C1=O. The van der Waals surface area contributed by atoms with Crippen molar-refractivity contribution in [1.29, 1.82) is 0 Å². The molecule has 1 unspecified atom stereocenters. The Hall–Kier alpha value is -1.12. The van der Waals surface area contributed by atoms with Gasteiger partial charge < -0.3 is 4.90 Å².